The standard InChI is InChI=1S/C18H28N4O2/c1-3-20-13-16(12-17(20)23)18(24)22-9-5-15(6-10-22)4-8-21-11-7-19-14(21)2/h7,11,15-16H,3-6,8-10,12-13H2,1-2H3. The van der Waals surface area contributed by atoms with E-state index >= 15 is 0 Å². The van der Waals surface area contributed by atoms with Gasteiger partial charge in [-0.15, -0.1) is 0 Å². The smallest absolute Gasteiger partial charge is 0.227 e. The Kier molecular flexibility index (Phi) is 5.21. The van der Waals surface area contributed by atoms with Gasteiger partial charge in [0.1, 0.15) is 5.82 Å². The maximum absolute atomic E-state index is 12.6. The van der Waals surface area contributed by atoms with Gasteiger partial charge in [0, 0.05) is 51.5 Å². The lowest BCUT2D eigenvalue weighted by atomic mass is 9.92. The van der Waals surface area contributed by atoms with Gasteiger partial charge in [-0.05, 0) is 39.0 Å². The predicted molar refractivity (Wildman–Crippen MR) is 91.2 cm³/mol. The van der Waals surface area contributed by atoms with Crippen LogP contribution in [0.1, 0.15) is 38.4 Å². The quantitative estimate of drug-likeness (QED) is 0.824. The maximum atomic E-state index is 12.6. The van der Waals surface area contributed by atoms with Crippen molar-refractivity contribution in [3.05, 3.63) is 18.2 Å². The number of piperidine rings is 1. The van der Waals surface area contributed by atoms with Crippen LogP contribution in [0.5, 0.6) is 0 Å². The molecule has 6 nitrogen and oxygen atoms in total. The van der Waals surface area contributed by atoms with Crippen molar-refractivity contribution in [2.75, 3.05) is 26.2 Å². The summed E-state index contributed by atoms with van der Waals surface area (Å²) in [5, 5.41) is 0. The zero-order valence-corrected chi connectivity index (χ0v) is 14.8. The maximum Gasteiger partial charge on any atom is 0.227 e. The first kappa shape index (κ1) is 17.0. The fraction of sp³-hybridized carbons (Fsp3) is 0.722. The van der Waals surface area contributed by atoms with E-state index in [1.54, 1.807) is 4.90 Å². The second kappa shape index (κ2) is 7.36. The number of carbonyl (C=O) groups is 2. The van der Waals surface area contributed by atoms with E-state index in [2.05, 4.69) is 9.55 Å². The predicted octanol–water partition coefficient (Wildman–Crippen LogP) is 1.69. The topological polar surface area (TPSA) is 58.4 Å². The summed E-state index contributed by atoms with van der Waals surface area (Å²) in [6, 6.07) is 0. The van der Waals surface area contributed by atoms with E-state index in [0.717, 1.165) is 44.7 Å². The Morgan fingerprint density at radius 3 is 2.67 bits per heavy atom. The van der Waals surface area contributed by atoms with Crippen LogP contribution in [-0.4, -0.2) is 57.3 Å². The molecule has 1 atom stereocenters. The molecule has 0 N–H and O–H groups in total. The summed E-state index contributed by atoms with van der Waals surface area (Å²) < 4.78 is 2.20. The summed E-state index contributed by atoms with van der Waals surface area (Å²) in [5.74, 6) is 1.93. The number of hydrogen-bond acceptors (Lipinski definition) is 3. The van der Waals surface area contributed by atoms with Crippen LogP contribution in [0.15, 0.2) is 12.4 Å². The molecule has 1 aromatic rings. The van der Waals surface area contributed by atoms with Crippen molar-refractivity contribution in [3.63, 3.8) is 0 Å². The molecule has 2 amide bonds. The monoisotopic (exact) mass is 332 g/mol. The Balaban J connectivity index is 1.44. The molecule has 0 bridgehead atoms. The number of aromatic nitrogens is 2. The number of hydrogen-bond donors (Lipinski definition) is 0. The van der Waals surface area contributed by atoms with Crippen molar-refractivity contribution in [1.29, 1.82) is 0 Å². The van der Waals surface area contributed by atoms with Gasteiger partial charge < -0.3 is 14.4 Å². The molecule has 2 saturated heterocycles. The average Bonchev–Trinajstić information content (AvgIpc) is 3.18. The molecule has 0 aromatic carbocycles. The van der Waals surface area contributed by atoms with Crippen LogP contribution in [-0.2, 0) is 16.1 Å². The highest BCUT2D eigenvalue weighted by Gasteiger charge is 2.36. The molecule has 6 heteroatoms. The molecule has 0 radical (unpaired) electrons. The van der Waals surface area contributed by atoms with Crippen molar-refractivity contribution < 1.29 is 9.59 Å². The highest BCUT2D eigenvalue weighted by molar-refractivity contribution is 5.89. The first-order valence-corrected chi connectivity index (χ1v) is 9.12. The molecule has 3 rings (SSSR count). The van der Waals surface area contributed by atoms with E-state index in [-0.39, 0.29) is 17.7 Å². The Morgan fingerprint density at radius 1 is 1.33 bits per heavy atom. The third kappa shape index (κ3) is 3.62. The van der Waals surface area contributed by atoms with Crippen LogP contribution in [0, 0.1) is 18.8 Å². The first-order chi connectivity index (χ1) is 11.6. The van der Waals surface area contributed by atoms with Crippen LogP contribution >= 0.6 is 0 Å². The first-order valence-electron chi connectivity index (χ1n) is 9.12. The van der Waals surface area contributed by atoms with E-state index in [0.29, 0.717) is 25.4 Å². The van der Waals surface area contributed by atoms with E-state index in [1.165, 1.54) is 0 Å². The molecule has 1 aromatic heterocycles. The zero-order valence-electron chi connectivity index (χ0n) is 14.8. The summed E-state index contributed by atoms with van der Waals surface area (Å²) in [5.41, 5.74) is 0. The second-order valence-corrected chi connectivity index (χ2v) is 7.06. The van der Waals surface area contributed by atoms with Gasteiger partial charge in [-0.1, -0.05) is 0 Å². The Morgan fingerprint density at radius 2 is 2.08 bits per heavy atom. The van der Waals surface area contributed by atoms with Crippen LogP contribution in [0.25, 0.3) is 0 Å². The summed E-state index contributed by atoms with van der Waals surface area (Å²) in [6.07, 6.45) is 7.55. The van der Waals surface area contributed by atoms with Crippen molar-refractivity contribution in [2.24, 2.45) is 11.8 Å². The SMILES string of the molecule is CCN1CC(C(=O)N2CCC(CCn3ccnc3C)CC2)CC1=O. The molecule has 3 heterocycles. The number of likely N-dealkylation sites (tertiary alicyclic amines) is 2. The van der Waals surface area contributed by atoms with Crippen LogP contribution in [0.3, 0.4) is 0 Å². The lowest BCUT2D eigenvalue weighted by molar-refractivity contribution is -0.137. The molecule has 0 aliphatic carbocycles. The Labute approximate surface area is 143 Å². The third-order valence-corrected chi connectivity index (χ3v) is 5.57. The van der Waals surface area contributed by atoms with E-state index in [4.69, 9.17) is 0 Å². The fourth-order valence-electron chi connectivity index (χ4n) is 3.91. The van der Waals surface area contributed by atoms with Crippen LogP contribution in [0.2, 0.25) is 0 Å². The van der Waals surface area contributed by atoms with E-state index < -0.39 is 0 Å². The lowest BCUT2D eigenvalue weighted by Gasteiger charge is -2.33. The molecular formula is C18H28N4O2. The second-order valence-electron chi connectivity index (χ2n) is 7.06. The minimum atomic E-state index is -0.123. The fourth-order valence-corrected chi connectivity index (χ4v) is 3.91. The summed E-state index contributed by atoms with van der Waals surface area (Å²) in [6.45, 7) is 7.99. The third-order valence-electron chi connectivity index (χ3n) is 5.57. The average molecular weight is 332 g/mol. The summed E-state index contributed by atoms with van der Waals surface area (Å²) in [4.78, 5) is 32.5. The molecule has 24 heavy (non-hydrogen) atoms. The lowest BCUT2D eigenvalue weighted by Crippen LogP contribution is -2.42. The highest BCUT2D eigenvalue weighted by atomic mass is 16.2. The van der Waals surface area contributed by atoms with Gasteiger partial charge in [-0.3, -0.25) is 9.59 Å². The summed E-state index contributed by atoms with van der Waals surface area (Å²) in [7, 11) is 0. The van der Waals surface area contributed by atoms with Gasteiger partial charge in [-0.25, -0.2) is 4.98 Å². The van der Waals surface area contributed by atoms with E-state index in [1.807, 2.05) is 31.1 Å². The van der Waals surface area contributed by atoms with Crippen molar-refractivity contribution in [1.82, 2.24) is 19.4 Å². The van der Waals surface area contributed by atoms with E-state index in [9.17, 15) is 9.59 Å². The van der Waals surface area contributed by atoms with Crippen LogP contribution in [0.4, 0.5) is 0 Å². The summed E-state index contributed by atoms with van der Waals surface area (Å²) >= 11 is 0. The molecular weight excluding hydrogens is 304 g/mol. The molecule has 0 spiro atoms. The minimum Gasteiger partial charge on any atom is -0.342 e. The highest BCUT2D eigenvalue weighted by Crippen LogP contribution is 2.25. The van der Waals surface area contributed by atoms with Crippen molar-refractivity contribution >= 4 is 11.8 Å². The van der Waals surface area contributed by atoms with Gasteiger partial charge in [0.15, 0.2) is 0 Å². The van der Waals surface area contributed by atoms with Crippen molar-refractivity contribution in [3.8, 4) is 0 Å². The molecule has 2 aliphatic heterocycles. The van der Waals surface area contributed by atoms with Gasteiger partial charge in [0.05, 0.1) is 5.92 Å². The van der Waals surface area contributed by atoms with Gasteiger partial charge in [0.25, 0.3) is 0 Å². The zero-order chi connectivity index (χ0) is 17.1. The number of carbonyl (C=O) groups excluding carboxylic acids is 2. The molecule has 0 saturated carbocycles. The number of rotatable bonds is 5. The number of aryl methyl sites for hydroxylation is 2. The van der Waals surface area contributed by atoms with Gasteiger partial charge in [-0.2, -0.15) is 0 Å². The molecule has 1 unspecified atom stereocenters. The number of amides is 2. The molecule has 132 valence electrons. The normalized spacial score (nSPS) is 22.4. The Hall–Kier alpha value is -1.85. The van der Waals surface area contributed by atoms with Crippen LogP contribution < -0.4 is 0 Å². The Bertz CT molecular complexity index is 590. The van der Waals surface area contributed by atoms with Crippen molar-refractivity contribution in [2.45, 2.75) is 46.1 Å². The molecule has 2 aliphatic rings. The number of imidazole rings is 1. The number of nitrogens with zero attached hydrogens (tertiary/aromatic N) is 4. The molecule has 2 fully saturated rings. The van der Waals surface area contributed by atoms with Gasteiger partial charge >= 0.3 is 0 Å². The minimum absolute atomic E-state index is 0.123. The largest absolute Gasteiger partial charge is 0.342 e. The van der Waals surface area contributed by atoms with Gasteiger partial charge in [0.2, 0.25) is 11.8 Å².